The van der Waals surface area contributed by atoms with Gasteiger partial charge in [0.25, 0.3) is 5.91 Å². The minimum Gasteiger partial charge on any atom is -0.383 e. The Morgan fingerprint density at radius 3 is 2.63 bits per heavy atom. The lowest BCUT2D eigenvalue weighted by atomic mass is 9.97. The summed E-state index contributed by atoms with van der Waals surface area (Å²) in [6.07, 6.45) is -2.51. The van der Waals surface area contributed by atoms with Gasteiger partial charge in [-0.3, -0.25) is 19.3 Å². The summed E-state index contributed by atoms with van der Waals surface area (Å²) in [4.78, 5) is 34.9. The van der Waals surface area contributed by atoms with Crippen molar-refractivity contribution in [3.63, 3.8) is 0 Å². The third-order valence-electron chi connectivity index (χ3n) is 6.57. The molecule has 1 fully saturated rings. The third-order valence-corrected chi connectivity index (χ3v) is 6.57. The Morgan fingerprint density at radius 2 is 1.95 bits per heavy atom. The Balaban J connectivity index is 1.57. The lowest BCUT2D eigenvalue weighted by Crippen LogP contribution is -2.56. The van der Waals surface area contributed by atoms with Crippen molar-refractivity contribution in [3.8, 4) is 0 Å². The summed E-state index contributed by atoms with van der Waals surface area (Å²) in [6.45, 7) is 0.588. The number of nitrogens with zero attached hydrogens (tertiary/aromatic N) is 6. The summed E-state index contributed by atoms with van der Waals surface area (Å²) >= 11 is 0. The molecule has 4 aromatic rings. The highest BCUT2D eigenvalue weighted by atomic mass is 19.4. The van der Waals surface area contributed by atoms with E-state index in [0.717, 1.165) is 22.2 Å². The van der Waals surface area contributed by atoms with Crippen LogP contribution in [0.2, 0.25) is 0 Å². The predicted molar refractivity (Wildman–Crippen MR) is 130 cm³/mol. The van der Waals surface area contributed by atoms with Gasteiger partial charge in [-0.15, -0.1) is 0 Å². The molecule has 13 heteroatoms. The zero-order valence-electron chi connectivity index (χ0n) is 20.5. The standard InChI is InChI=1S/C25H23F4N7O2/c1-24(26)8-7-20(37)36(13-24)35(12-16-5-4-15(10-31-16)25(27,28)29)23(38)14-3-6-19-17(9-14)21-18(22(30)33-19)11-32-34(21)2/h3-6,9-11H,7-8,12-13H2,1-2H3,(H2,30,33). The number of carbonyl (C=O) groups is 2. The average molecular weight is 529 g/mol. The van der Waals surface area contributed by atoms with Crippen LogP contribution in [-0.2, 0) is 24.6 Å². The number of amides is 2. The summed E-state index contributed by atoms with van der Waals surface area (Å²) < 4.78 is 55.6. The van der Waals surface area contributed by atoms with Gasteiger partial charge >= 0.3 is 6.18 Å². The minimum absolute atomic E-state index is 0.00949. The monoisotopic (exact) mass is 529 g/mol. The number of anilines is 1. The van der Waals surface area contributed by atoms with Gasteiger partial charge in [0.1, 0.15) is 11.5 Å². The quantitative estimate of drug-likeness (QED) is 0.400. The van der Waals surface area contributed by atoms with Gasteiger partial charge in [-0.05, 0) is 43.7 Å². The number of hydrogen-bond acceptors (Lipinski definition) is 6. The van der Waals surface area contributed by atoms with E-state index in [-0.39, 0.29) is 36.5 Å². The first-order valence-corrected chi connectivity index (χ1v) is 11.7. The number of rotatable bonds is 4. The van der Waals surface area contributed by atoms with Crippen LogP contribution in [0.15, 0.2) is 42.7 Å². The van der Waals surface area contributed by atoms with Crippen LogP contribution in [0.5, 0.6) is 0 Å². The molecule has 0 radical (unpaired) electrons. The predicted octanol–water partition coefficient (Wildman–Crippen LogP) is 4.03. The molecule has 0 aliphatic carbocycles. The van der Waals surface area contributed by atoms with E-state index < -0.39 is 35.8 Å². The third kappa shape index (κ3) is 4.59. The molecular weight excluding hydrogens is 506 g/mol. The van der Waals surface area contributed by atoms with E-state index in [0.29, 0.717) is 28.0 Å². The van der Waals surface area contributed by atoms with Gasteiger partial charge in [-0.25, -0.2) is 19.4 Å². The number of hydrogen-bond donors (Lipinski definition) is 1. The van der Waals surface area contributed by atoms with Crippen molar-refractivity contribution in [1.29, 1.82) is 0 Å². The van der Waals surface area contributed by atoms with Gasteiger partial charge in [0.05, 0.1) is 47.0 Å². The number of piperidine rings is 1. The smallest absolute Gasteiger partial charge is 0.383 e. The van der Waals surface area contributed by atoms with Crippen LogP contribution < -0.4 is 5.73 Å². The number of benzene rings is 1. The number of alkyl halides is 4. The van der Waals surface area contributed by atoms with Crippen molar-refractivity contribution in [2.24, 2.45) is 7.05 Å². The highest BCUT2D eigenvalue weighted by Gasteiger charge is 2.40. The molecule has 2 amide bonds. The largest absolute Gasteiger partial charge is 0.417 e. The summed E-state index contributed by atoms with van der Waals surface area (Å²) in [6, 6.07) is 6.63. The van der Waals surface area contributed by atoms with Crippen LogP contribution in [0.3, 0.4) is 0 Å². The van der Waals surface area contributed by atoms with Crippen LogP contribution in [0.4, 0.5) is 23.4 Å². The molecule has 1 aliphatic rings. The van der Waals surface area contributed by atoms with E-state index in [1.165, 1.54) is 13.0 Å². The SMILES string of the molecule is Cn1ncc2c(N)nc3ccc(C(=O)N(Cc4ccc(C(F)(F)F)cn4)N4CC(C)(F)CCC4=O)cc3c21. The fourth-order valence-corrected chi connectivity index (χ4v) is 4.54. The highest BCUT2D eigenvalue weighted by molar-refractivity contribution is 6.10. The Bertz CT molecular complexity index is 1560. The van der Waals surface area contributed by atoms with Gasteiger partial charge in [-0.2, -0.15) is 18.3 Å². The second-order valence-electron chi connectivity index (χ2n) is 9.52. The maximum atomic E-state index is 15.0. The van der Waals surface area contributed by atoms with Crippen molar-refractivity contribution >= 4 is 39.4 Å². The number of carbonyl (C=O) groups excluding carboxylic acids is 2. The van der Waals surface area contributed by atoms with Crippen LogP contribution in [0.25, 0.3) is 21.8 Å². The molecule has 1 aromatic carbocycles. The zero-order valence-corrected chi connectivity index (χ0v) is 20.5. The van der Waals surface area contributed by atoms with Crippen LogP contribution in [-0.4, -0.2) is 53.8 Å². The molecule has 198 valence electrons. The van der Waals surface area contributed by atoms with E-state index in [1.54, 1.807) is 30.1 Å². The lowest BCUT2D eigenvalue weighted by Gasteiger charge is -2.41. The molecular formula is C25H23F4N7O2. The van der Waals surface area contributed by atoms with Gasteiger partial charge in [0.2, 0.25) is 5.91 Å². The number of pyridine rings is 2. The van der Waals surface area contributed by atoms with Crippen LogP contribution in [0, 0.1) is 0 Å². The molecule has 0 bridgehead atoms. The number of aromatic nitrogens is 4. The first-order chi connectivity index (χ1) is 17.8. The first-order valence-electron chi connectivity index (χ1n) is 11.7. The van der Waals surface area contributed by atoms with E-state index >= 15 is 0 Å². The van der Waals surface area contributed by atoms with Crippen molar-refractivity contribution in [1.82, 2.24) is 29.8 Å². The van der Waals surface area contributed by atoms with E-state index in [1.807, 2.05) is 0 Å². The number of aryl methyl sites for hydroxylation is 1. The van der Waals surface area contributed by atoms with E-state index in [2.05, 4.69) is 15.1 Å². The Morgan fingerprint density at radius 1 is 1.18 bits per heavy atom. The summed E-state index contributed by atoms with van der Waals surface area (Å²) in [5.74, 6) is -0.868. The van der Waals surface area contributed by atoms with Crippen molar-refractivity contribution in [3.05, 3.63) is 59.5 Å². The Hall–Kier alpha value is -4.29. The van der Waals surface area contributed by atoms with Crippen molar-refractivity contribution < 1.29 is 27.2 Å². The minimum atomic E-state index is -4.58. The summed E-state index contributed by atoms with van der Waals surface area (Å²) in [5, 5.41) is 7.42. The summed E-state index contributed by atoms with van der Waals surface area (Å²) in [7, 11) is 1.72. The lowest BCUT2D eigenvalue weighted by molar-refractivity contribution is -0.156. The van der Waals surface area contributed by atoms with Gasteiger partial charge in [-0.1, -0.05) is 0 Å². The second kappa shape index (κ2) is 8.92. The maximum Gasteiger partial charge on any atom is 0.417 e. The number of halogens is 4. The molecule has 4 heterocycles. The van der Waals surface area contributed by atoms with Crippen molar-refractivity contribution in [2.75, 3.05) is 12.3 Å². The summed E-state index contributed by atoms with van der Waals surface area (Å²) in [5.41, 5.74) is 4.73. The van der Waals surface area contributed by atoms with E-state index in [4.69, 9.17) is 5.73 Å². The molecule has 2 N–H and O–H groups in total. The topological polar surface area (TPSA) is 110 Å². The number of nitrogen functional groups attached to an aromatic ring is 1. The average Bonchev–Trinajstić information content (AvgIpc) is 3.26. The normalized spacial score (nSPS) is 18.4. The molecule has 1 atom stereocenters. The molecule has 0 spiro atoms. The van der Waals surface area contributed by atoms with Gasteiger partial charge in [0.15, 0.2) is 0 Å². The fourth-order valence-electron chi connectivity index (χ4n) is 4.54. The van der Waals surface area contributed by atoms with Crippen molar-refractivity contribution in [2.45, 2.75) is 38.2 Å². The van der Waals surface area contributed by atoms with Gasteiger partial charge in [0, 0.05) is 30.6 Å². The van der Waals surface area contributed by atoms with E-state index in [9.17, 15) is 27.2 Å². The molecule has 9 nitrogen and oxygen atoms in total. The second-order valence-corrected chi connectivity index (χ2v) is 9.52. The Kier molecular flexibility index (Phi) is 5.96. The Labute approximate surface area is 213 Å². The number of fused-ring (bicyclic) bond motifs is 3. The molecule has 1 unspecified atom stereocenters. The maximum absolute atomic E-state index is 15.0. The molecule has 3 aromatic heterocycles. The molecule has 0 saturated carbocycles. The number of nitrogens with two attached hydrogens (primary N) is 1. The molecule has 38 heavy (non-hydrogen) atoms. The zero-order chi connectivity index (χ0) is 27.4. The molecule has 1 saturated heterocycles. The van der Waals surface area contributed by atoms with Crippen LogP contribution in [0.1, 0.15) is 41.4 Å². The van der Waals surface area contributed by atoms with Gasteiger partial charge < -0.3 is 5.73 Å². The number of hydrazine groups is 1. The van der Waals surface area contributed by atoms with Crippen LogP contribution >= 0.6 is 0 Å². The molecule has 1 aliphatic heterocycles. The molecule has 5 rings (SSSR count). The first kappa shape index (κ1) is 25.4. The fraction of sp³-hybridized carbons (Fsp3) is 0.320. The highest BCUT2D eigenvalue weighted by Crippen LogP contribution is 2.32.